The Balaban J connectivity index is 1.58. The average molecular weight is 393 g/mol. The maximum absolute atomic E-state index is 14.9. The molecule has 0 unspecified atom stereocenters. The van der Waals surface area contributed by atoms with Gasteiger partial charge in [0, 0.05) is 37.5 Å². The van der Waals surface area contributed by atoms with E-state index in [1.807, 2.05) is 0 Å². The van der Waals surface area contributed by atoms with Crippen LogP contribution < -0.4 is 15.4 Å². The molecule has 1 fully saturated rings. The smallest absolute Gasteiger partial charge is 0.228 e. The number of aromatic nitrogens is 3. The number of amides is 1. The van der Waals surface area contributed by atoms with E-state index in [0.29, 0.717) is 22.8 Å². The normalized spacial score (nSPS) is 13.0. The zero-order valence-electron chi connectivity index (χ0n) is 15.9. The minimum absolute atomic E-state index is 0.0333. The number of nitrogens with one attached hydrogen (secondary N) is 2. The summed E-state index contributed by atoms with van der Waals surface area (Å²) < 4.78 is 20.7. The van der Waals surface area contributed by atoms with Crippen molar-refractivity contribution in [2.24, 2.45) is 5.92 Å². The van der Waals surface area contributed by atoms with E-state index in [-0.39, 0.29) is 30.0 Å². The number of carbonyl (C=O) groups excluding carboxylic acids is 1. The molecule has 0 spiro atoms. The lowest BCUT2D eigenvalue weighted by atomic mass is 10.1. The number of halogens is 1. The number of hydrogen-bond donors (Lipinski definition) is 2. The second-order valence-corrected chi connectivity index (χ2v) is 6.69. The molecule has 4 rings (SSSR count). The van der Waals surface area contributed by atoms with Gasteiger partial charge in [-0.3, -0.25) is 4.79 Å². The highest BCUT2D eigenvalue weighted by molar-refractivity contribution is 5.80. The Kier molecular flexibility index (Phi) is 5.33. The molecule has 29 heavy (non-hydrogen) atoms. The first kappa shape index (κ1) is 18.8. The molecule has 0 atom stereocenters. The molecule has 1 aromatic carbocycles. The molecule has 2 N–H and O–H groups in total. The van der Waals surface area contributed by atoms with Gasteiger partial charge < -0.3 is 15.4 Å². The van der Waals surface area contributed by atoms with Crippen molar-refractivity contribution in [1.29, 1.82) is 0 Å². The van der Waals surface area contributed by atoms with Gasteiger partial charge in [0.25, 0.3) is 0 Å². The first-order valence-electron chi connectivity index (χ1n) is 9.35. The Morgan fingerprint density at radius 1 is 1.17 bits per heavy atom. The fraction of sp³-hybridized carbons (Fsp3) is 0.238. The molecule has 0 radical (unpaired) electrons. The number of carbonyl (C=O) groups is 1. The summed E-state index contributed by atoms with van der Waals surface area (Å²) in [6.45, 7) is 0.116. The van der Waals surface area contributed by atoms with Crippen LogP contribution in [0.4, 0.5) is 10.3 Å². The van der Waals surface area contributed by atoms with E-state index in [1.165, 1.54) is 6.07 Å². The molecular formula is C21H20FN5O2. The molecule has 1 aliphatic rings. The molecule has 148 valence electrons. The predicted octanol–water partition coefficient (Wildman–Crippen LogP) is 3.54. The summed E-state index contributed by atoms with van der Waals surface area (Å²) in [6.07, 6.45) is 4.99. The highest BCUT2D eigenvalue weighted by Gasteiger charge is 2.29. The summed E-state index contributed by atoms with van der Waals surface area (Å²) in [5.41, 5.74) is 1.56. The van der Waals surface area contributed by atoms with E-state index < -0.39 is 5.82 Å². The van der Waals surface area contributed by atoms with Crippen molar-refractivity contribution in [2.45, 2.75) is 19.4 Å². The van der Waals surface area contributed by atoms with Crippen LogP contribution in [-0.4, -0.2) is 27.9 Å². The third kappa shape index (κ3) is 4.31. The van der Waals surface area contributed by atoms with Crippen molar-refractivity contribution >= 4 is 11.9 Å². The summed E-state index contributed by atoms with van der Waals surface area (Å²) in [4.78, 5) is 24.6. The maximum Gasteiger partial charge on any atom is 0.228 e. The van der Waals surface area contributed by atoms with Crippen molar-refractivity contribution in [1.82, 2.24) is 20.3 Å². The molecule has 2 aromatic heterocycles. The molecule has 1 aliphatic carbocycles. The van der Waals surface area contributed by atoms with E-state index in [9.17, 15) is 9.18 Å². The standard InChI is InChI=1S/C21H20FN5O2/c1-23-21-25-11-9-16(27-21)15-5-3-10-24-20(15)29-17-6-2-4-14(18(17)22)12-26-19(28)13-7-8-13/h2-6,9-11,13H,7-8,12H2,1H3,(H,26,28)(H,23,25,27). The van der Waals surface area contributed by atoms with Gasteiger partial charge >= 0.3 is 0 Å². The Bertz CT molecular complexity index is 1040. The third-order valence-electron chi connectivity index (χ3n) is 4.58. The van der Waals surface area contributed by atoms with Crippen molar-refractivity contribution < 1.29 is 13.9 Å². The maximum atomic E-state index is 14.9. The minimum Gasteiger partial charge on any atom is -0.435 e. The van der Waals surface area contributed by atoms with Gasteiger partial charge in [0.1, 0.15) is 0 Å². The Morgan fingerprint density at radius 2 is 2.03 bits per heavy atom. The predicted molar refractivity (Wildman–Crippen MR) is 106 cm³/mol. The second-order valence-electron chi connectivity index (χ2n) is 6.69. The quantitative estimate of drug-likeness (QED) is 0.638. The summed E-state index contributed by atoms with van der Waals surface area (Å²) in [5, 5.41) is 5.65. The topological polar surface area (TPSA) is 89.0 Å². The van der Waals surface area contributed by atoms with E-state index >= 15 is 0 Å². The van der Waals surface area contributed by atoms with Crippen LogP contribution in [-0.2, 0) is 11.3 Å². The van der Waals surface area contributed by atoms with Gasteiger partial charge in [-0.1, -0.05) is 12.1 Å². The van der Waals surface area contributed by atoms with Gasteiger partial charge in [0.05, 0.1) is 11.3 Å². The number of anilines is 1. The summed E-state index contributed by atoms with van der Waals surface area (Å²) in [5.74, 6) is 0.226. The lowest BCUT2D eigenvalue weighted by molar-refractivity contribution is -0.122. The molecule has 0 bridgehead atoms. The van der Waals surface area contributed by atoms with Crippen LogP contribution in [0.3, 0.4) is 0 Å². The van der Waals surface area contributed by atoms with Gasteiger partial charge in [0.2, 0.25) is 17.7 Å². The molecule has 0 saturated heterocycles. The minimum atomic E-state index is -0.529. The van der Waals surface area contributed by atoms with Crippen molar-refractivity contribution in [3.8, 4) is 22.9 Å². The van der Waals surface area contributed by atoms with Crippen LogP contribution in [0.2, 0.25) is 0 Å². The van der Waals surface area contributed by atoms with Crippen LogP contribution in [0.15, 0.2) is 48.8 Å². The lowest BCUT2D eigenvalue weighted by Crippen LogP contribution is -2.24. The largest absolute Gasteiger partial charge is 0.435 e. The number of pyridine rings is 1. The lowest BCUT2D eigenvalue weighted by Gasteiger charge is -2.13. The molecule has 2 heterocycles. The van der Waals surface area contributed by atoms with E-state index in [1.54, 1.807) is 49.8 Å². The van der Waals surface area contributed by atoms with Crippen LogP contribution >= 0.6 is 0 Å². The van der Waals surface area contributed by atoms with Gasteiger partial charge in [-0.25, -0.2) is 19.3 Å². The molecule has 1 amide bonds. The van der Waals surface area contributed by atoms with Gasteiger partial charge in [-0.15, -0.1) is 0 Å². The summed E-state index contributed by atoms with van der Waals surface area (Å²) >= 11 is 0. The second kappa shape index (κ2) is 8.22. The Hall–Kier alpha value is -3.55. The Morgan fingerprint density at radius 3 is 2.83 bits per heavy atom. The van der Waals surface area contributed by atoms with Gasteiger partial charge in [0.15, 0.2) is 11.6 Å². The highest BCUT2D eigenvalue weighted by Crippen LogP contribution is 2.33. The van der Waals surface area contributed by atoms with E-state index in [0.717, 1.165) is 12.8 Å². The van der Waals surface area contributed by atoms with Crippen LogP contribution in [0.5, 0.6) is 11.6 Å². The van der Waals surface area contributed by atoms with Crippen LogP contribution in [0.1, 0.15) is 18.4 Å². The van der Waals surface area contributed by atoms with Crippen molar-refractivity contribution in [2.75, 3.05) is 12.4 Å². The molecule has 7 nitrogen and oxygen atoms in total. The van der Waals surface area contributed by atoms with Gasteiger partial charge in [-0.05, 0) is 37.1 Å². The molecule has 0 aliphatic heterocycles. The monoisotopic (exact) mass is 393 g/mol. The zero-order valence-corrected chi connectivity index (χ0v) is 15.9. The number of rotatable bonds is 7. The van der Waals surface area contributed by atoms with Crippen LogP contribution in [0, 0.1) is 11.7 Å². The third-order valence-corrected chi connectivity index (χ3v) is 4.58. The zero-order chi connectivity index (χ0) is 20.2. The SMILES string of the molecule is CNc1nccc(-c2cccnc2Oc2cccc(CNC(=O)C3CC3)c2F)n1. The fourth-order valence-electron chi connectivity index (χ4n) is 2.84. The van der Waals surface area contributed by atoms with Gasteiger partial charge in [-0.2, -0.15) is 0 Å². The highest BCUT2D eigenvalue weighted by atomic mass is 19.1. The first-order valence-corrected chi connectivity index (χ1v) is 9.35. The average Bonchev–Trinajstić information content (AvgIpc) is 3.60. The van der Waals surface area contributed by atoms with E-state index in [4.69, 9.17) is 4.74 Å². The summed E-state index contributed by atoms with van der Waals surface area (Å²) in [7, 11) is 1.72. The fourth-order valence-corrected chi connectivity index (χ4v) is 2.84. The van der Waals surface area contributed by atoms with Crippen molar-refractivity contribution in [3.63, 3.8) is 0 Å². The molecular weight excluding hydrogens is 373 g/mol. The van der Waals surface area contributed by atoms with Crippen LogP contribution in [0.25, 0.3) is 11.3 Å². The number of benzene rings is 1. The Labute approximate surface area is 167 Å². The first-order chi connectivity index (χ1) is 14.2. The number of nitrogens with zero attached hydrogens (tertiary/aromatic N) is 3. The molecule has 8 heteroatoms. The summed E-state index contributed by atoms with van der Waals surface area (Å²) in [6, 6.07) is 10.1. The molecule has 3 aromatic rings. The van der Waals surface area contributed by atoms with E-state index in [2.05, 4.69) is 25.6 Å². The number of hydrogen-bond acceptors (Lipinski definition) is 6. The number of ether oxygens (including phenoxy) is 1. The molecule has 1 saturated carbocycles. The van der Waals surface area contributed by atoms with Crippen molar-refractivity contribution in [3.05, 3.63) is 60.2 Å².